The van der Waals surface area contributed by atoms with Crippen LogP contribution in [0.5, 0.6) is 0 Å². The molecule has 1 N–H and O–H groups in total. The Balaban J connectivity index is 2.29. The van der Waals surface area contributed by atoms with Gasteiger partial charge in [0.1, 0.15) is 0 Å². The monoisotopic (exact) mass is 233 g/mol. The van der Waals surface area contributed by atoms with E-state index in [0.717, 1.165) is 12.1 Å². The van der Waals surface area contributed by atoms with Crippen LogP contribution in [-0.2, 0) is 16.1 Å². The minimum atomic E-state index is -0.272. The van der Waals surface area contributed by atoms with Gasteiger partial charge in [-0.2, -0.15) is 0 Å². The van der Waals surface area contributed by atoms with E-state index in [1.54, 1.807) is 6.92 Å². The number of carbonyl (C=O) groups excluding carboxylic acids is 1. The molecule has 0 unspecified atom stereocenters. The van der Waals surface area contributed by atoms with Crippen LogP contribution in [0.2, 0.25) is 0 Å². The lowest BCUT2D eigenvalue weighted by Crippen LogP contribution is -2.16. The molecule has 92 valence electrons. The van der Waals surface area contributed by atoms with Crippen LogP contribution in [0.3, 0.4) is 0 Å². The fourth-order valence-corrected chi connectivity index (χ4v) is 1.44. The predicted octanol–water partition coefficient (Wildman–Crippen LogP) is 2.29. The van der Waals surface area contributed by atoms with Crippen molar-refractivity contribution in [2.24, 2.45) is 0 Å². The number of nitrogens with one attached hydrogen (secondary N) is 1. The molecular weight excluding hydrogens is 214 g/mol. The number of rotatable bonds is 6. The molecule has 0 aliphatic carbocycles. The van der Waals surface area contributed by atoms with Crippen LogP contribution in [0.15, 0.2) is 42.0 Å². The molecule has 0 saturated carbocycles. The highest BCUT2D eigenvalue weighted by Crippen LogP contribution is 1.98. The van der Waals surface area contributed by atoms with Gasteiger partial charge in [0.05, 0.1) is 6.61 Å². The van der Waals surface area contributed by atoms with Crippen LogP contribution in [-0.4, -0.2) is 19.1 Å². The maximum atomic E-state index is 11.2. The van der Waals surface area contributed by atoms with Gasteiger partial charge in [-0.3, -0.25) is 0 Å². The lowest BCUT2D eigenvalue weighted by Gasteiger charge is -2.05. The van der Waals surface area contributed by atoms with E-state index in [-0.39, 0.29) is 5.97 Å². The van der Waals surface area contributed by atoms with E-state index in [0.29, 0.717) is 13.2 Å². The zero-order chi connectivity index (χ0) is 12.5. The van der Waals surface area contributed by atoms with Crippen molar-refractivity contribution in [3.05, 3.63) is 47.5 Å². The van der Waals surface area contributed by atoms with Crippen LogP contribution in [0.4, 0.5) is 0 Å². The fourth-order valence-electron chi connectivity index (χ4n) is 1.44. The molecule has 0 aliphatic heterocycles. The van der Waals surface area contributed by atoms with E-state index < -0.39 is 0 Å². The Bertz CT molecular complexity index is 371. The molecule has 0 saturated heterocycles. The van der Waals surface area contributed by atoms with Gasteiger partial charge in [0, 0.05) is 19.2 Å². The summed E-state index contributed by atoms with van der Waals surface area (Å²) in [6.45, 7) is 5.62. The average molecular weight is 233 g/mol. The second-order valence-corrected chi connectivity index (χ2v) is 3.83. The van der Waals surface area contributed by atoms with Gasteiger partial charge >= 0.3 is 5.97 Å². The number of benzene rings is 1. The molecule has 17 heavy (non-hydrogen) atoms. The number of carbonyl (C=O) groups is 1. The third kappa shape index (κ3) is 5.88. The molecule has 0 amide bonds. The van der Waals surface area contributed by atoms with Crippen molar-refractivity contribution in [2.75, 3.05) is 13.2 Å². The fraction of sp³-hybridized carbons (Fsp3) is 0.357. The first kappa shape index (κ1) is 13.5. The topological polar surface area (TPSA) is 38.3 Å². The zero-order valence-electron chi connectivity index (χ0n) is 10.4. The van der Waals surface area contributed by atoms with Crippen molar-refractivity contribution in [3.63, 3.8) is 0 Å². The quantitative estimate of drug-likeness (QED) is 0.605. The summed E-state index contributed by atoms with van der Waals surface area (Å²) >= 11 is 0. The molecule has 0 aliphatic rings. The summed E-state index contributed by atoms with van der Waals surface area (Å²) in [4.78, 5) is 11.2. The molecule has 3 nitrogen and oxygen atoms in total. The second kappa shape index (κ2) is 7.63. The van der Waals surface area contributed by atoms with Gasteiger partial charge in [0.15, 0.2) is 0 Å². The van der Waals surface area contributed by atoms with Crippen molar-refractivity contribution in [3.8, 4) is 0 Å². The van der Waals surface area contributed by atoms with Crippen molar-refractivity contribution in [1.82, 2.24) is 5.32 Å². The lowest BCUT2D eigenvalue weighted by atomic mass is 10.2. The average Bonchev–Trinajstić information content (AvgIpc) is 2.30. The molecule has 0 radical (unpaired) electrons. The van der Waals surface area contributed by atoms with E-state index in [2.05, 4.69) is 17.4 Å². The Hall–Kier alpha value is -1.61. The molecule has 3 heteroatoms. The summed E-state index contributed by atoms with van der Waals surface area (Å²) in [6.07, 6.45) is 1.53. The summed E-state index contributed by atoms with van der Waals surface area (Å²) in [5, 5.41) is 3.27. The molecule has 0 fully saturated rings. The van der Waals surface area contributed by atoms with E-state index in [1.165, 1.54) is 11.6 Å². The van der Waals surface area contributed by atoms with E-state index >= 15 is 0 Å². The largest absolute Gasteiger partial charge is 0.463 e. The standard InChI is InChI=1S/C14H19NO2/c1-3-17-14(16)9-12(2)10-15-11-13-7-5-4-6-8-13/h4-9,15H,3,10-11H2,1-2H3/b12-9+. The first-order valence-electron chi connectivity index (χ1n) is 5.81. The lowest BCUT2D eigenvalue weighted by molar-refractivity contribution is -0.137. The smallest absolute Gasteiger partial charge is 0.330 e. The van der Waals surface area contributed by atoms with E-state index in [1.807, 2.05) is 25.1 Å². The molecule has 1 aromatic rings. The molecule has 0 spiro atoms. The Morgan fingerprint density at radius 1 is 1.35 bits per heavy atom. The number of ether oxygens (including phenoxy) is 1. The molecule has 1 rings (SSSR count). The predicted molar refractivity (Wildman–Crippen MR) is 68.5 cm³/mol. The van der Waals surface area contributed by atoms with Crippen molar-refractivity contribution >= 4 is 5.97 Å². The maximum Gasteiger partial charge on any atom is 0.330 e. The molecular formula is C14H19NO2. The van der Waals surface area contributed by atoms with Gasteiger partial charge in [0.2, 0.25) is 0 Å². The third-order valence-corrected chi connectivity index (χ3v) is 2.23. The van der Waals surface area contributed by atoms with Gasteiger partial charge in [-0.05, 0) is 19.4 Å². The highest BCUT2D eigenvalue weighted by Gasteiger charge is 1.98. The molecule has 1 aromatic carbocycles. The van der Waals surface area contributed by atoms with Gasteiger partial charge in [-0.25, -0.2) is 4.79 Å². The Labute approximate surface area is 102 Å². The first-order valence-corrected chi connectivity index (χ1v) is 5.81. The summed E-state index contributed by atoms with van der Waals surface area (Å²) < 4.78 is 4.83. The summed E-state index contributed by atoms with van der Waals surface area (Å²) in [6, 6.07) is 10.2. The molecule has 0 heterocycles. The molecule has 0 aromatic heterocycles. The van der Waals surface area contributed by atoms with Crippen molar-refractivity contribution in [2.45, 2.75) is 20.4 Å². The van der Waals surface area contributed by atoms with Crippen molar-refractivity contribution in [1.29, 1.82) is 0 Å². The van der Waals surface area contributed by atoms with Crippen molar-refractivity contribution < 1.29 is 9.53 Å². The third-order valence-electron chi connectivity index (χ3n) is 2.23. The summed E-state index contributed by atoms with van der Waals surface area (Å²) in [7, 11) is 0. The second-order valence-electron chi connectivity index (χ2n) is 3.83. The van der Waals surface area contributed by atoms with Gasteiger partial charge in [-0.15, -0.1) is 0 Å². The highest BCUT2D eigenvalue weighted by molar-refractivity contribution is 5.82. The normalized spacial score (nSPS) is 11.3. The van der Waals surface area contributed by atoms with E-state index in [9.17, 15) is 4.79 Å². The zero-order valence-corrected chi connectivity index (χ0v) is 10.4. The Morgan fingerprint density at radius 2 is 2.06 bits per heavy atom. The van der Waals surface area contributed by atoms with Gasteiger partial charge < -0.3 is 10.1 Å². The maximum absolute atomic E-state index is 11.2. The van der Waals surface area contributed by atoms with Gasteiger partial charge in [-0.1, -0.05) is 35.9 Å². The molecule has 0 bridgehead atoms. The summed E-state index contributed by atoms with van der Waals surface area (Å²) in [5.41, 5.74) is 2.20. The minimum absolute atomic E-state index is 0.272. The van der Waals surface area contributed by atoms with E-state index in [4.69, 9.17) is 4.74 Å². The Kier molecular flexibility index (Phi) is 6.04. The first-order chi connectivity index (χ1) is 8.22. The van der Waals surface area contributed by atoms with Crippen LogP contribution in [0, 0.1) is 0 Å². The highest BCUT2D eigenvalue weighted by atomic mass is 16.5. The summed E-state index contributed by atoms with van der Waals surface area (Å²) in [5.74, 6) is -0.272. The number of hydrogen-bond acceptors (Lipinski definition) is 3. The number of esters is 1. The SMILES string of the molecule is CCOC(=O)/C=C(\C)CNCc1ccccc1. The van der Waals surface area contributed by atoms with Crippen LogP contribution in [0.25, 0.3) is 0 Å². The Morgan fingerprint density at radius 3 is 2.71 bits per heavy atom. The van der Waals surface area contributed by atoms with Crippen LogP contribution < -0.4 is 5.32 Å². The van der Waals surface area contributed by atoms with Gasteiger partial charge in [0.25, 0.3) is 0 Å². The minimum Gasteiger partial charge on any atom is -0.463 e. The van der Waals surface area contributed by atoms with Crippen LogP contribution in [0.1, 0.15) is 19.4 Å². The molecule has 0 atom stereocenters. The van der Waals surface area contributed by atoms with Crippen LogP contribution >= 0.6 is 0 Å². The number of hydrogen-bond donors (Lipinski definition) is 1.